The van der Waals surface area contributed by atoms with Crippen molar-refractivity contribution in [2.75, 3.05) is 13.7 Å². The standard InChI is InChI=1S/C11H23NO/c1-4-10(8-13-3)12-11-6-5-9(2)7-11/h9-12H,4-8H2,1-3H3/t9-,10-,11+/m1/s1. The zero-order valence-electron chi connectivity index (χ0n) is 9.18. The van der Waals surface area contributed by atoms with E-state index in [1.54, 1.807) is 7.11 Å². The second-order valence-electron chi connectivity index (χ2n) is 4.34. The summed E-state index contributed by atoms with van der Waals surface area (Å²) in [5.74, 6) is 0.914. The Balaban J connectivity index is 2.21. The summed E-state index contributed by atoms with van der Waals surface area (Å²) in [5, 5.41) is 3.67. The highest BCUT2D eigenvalue weighted by atomic mass is 16.5. The normalized spacial score (nSPS) is 30.7. The first kappa shape index (κ1) is 11.0. The molecule has 0 saturated heterocycles. The molecule has 2 heteroatoms. The van der Waals surface area contributed by atoms with Gasteiger partial charge in [0.2, 0.25) is 0 Å². The Morgan fingerprint density at radius 1 is 1.46 bits per heavy atom. The third-order valence-corrected chi connectivity index (χ3v) is 3.03. The molecule has 1 N–H and O–H groups in total. The van der Waals surface area contributed by atoms with Gasteiger partial charge < -0.3 is 10.1 Å². The SMILES string of the molecule is CC[C@H](COC)N[C@H]1CC[C@@H](C)C1. The third-order valence-electron chi connectivity index (χ3n) is 3.03. The zero-order chi connectivity index (χ0) is 9.68. The molecular weight excluding hydrogens is 162 g/mol. The second-order valence-corrected chi connectivity index (χ2v) is 4.34. The minimum absolute atomic E-state index is 0.556. The van der Waals surface area contributed by atoms with Crippen LogP contribution in [-0.2, 0) is 4.74 Å². The molecule has 78 valence electrons. The molecule has 1 fully saturated rings. The van der Waals surface area contributed by atoms with E-state index in [0.717, 1.165) is 18.6 Å². The number of methoxy groups -OCH3 is 1. The van der Waals surface area contributed by atoms with Crippen molar-refractivity contribution in [3.63, 3.8) is 0 Å². The van der Waals surface area contributed by atoms with Gasteiger partial charge in [0.1, 0.15) is 0 Å². The molecule has 0 aromatic heterocycles. The van der Waals surface area contributed by atoms with Crippen LogP contribution in [0.5, 0.6) is 0 Å². The third kappa shape index (κ3) is 3.65. The van der Waals surface area contributed by atoms with Gasteiger partial charge in [0.05, 0.1) is 6.61 Å². The molecule has 1 aliphatic rings. The molecule has 0 spiro atoms. The smallest absolute Gasteiger partial charge is 0.0615 e. The van der Waals surface area contributed by atoms with Crippen LogP contribution in [0.25, 0.3) is 0 Å². The van der Waals surface area contributed by atoms with Crippen LogP contribution in [0.2, 0.25) is 0 Å². The van der Waals surface area contributed by atoms with E-state index in [1.165, 1.54) is 25.7 Å². The van der Waals surface area contributed by atoms with Crippen molar-refractivity contribution in [3.8, 4) is 0 Å². The van der Waals surface area contributed by atoms with Crippen molar-refractivity contribution in [3.05, 3.63) is 0 Å². The van der Waals surface area contributed by atoms with E-state index in [1.807, 2.05) is 0 Å². The fourth-order valence-corrected chi connectivity index (χ4v) is 2.18. The van der Waals surface area contributed by atoms with Crippen molar-refractivity contribution in [1.82, 2.24) is 5.32 Å². The summed E-state index contributed by atoms with van der Waals surface area (Å²) in [6, 6.07) is 1.30. The first-order valence-corrected chi connectivity index (χ1v) is 5.51. The van der Waals surface area contributed by atoms with Crippen molar-refractivity contribution >= 4 is 0 Å². The van der Waals surface area contributed by atoms with Crippen LogP contribution < -0.4 is 5.32 Å². The van der Waals surface area contributed by atoms with Gasteiger partial charge in [0, 0.05) is 19.2 Å². The van der Waals surface area contributed by atoms with Crippen molar-refractivity contribution < 1.29 is 4.74 Å². The Bertz CT molecular complexity index is 136. The van der Waals surface area contributed by atoms with E-state index >= 15 is 0 Å². The summed E-state index contributed by atoms with van der Waals surface area (Å²) in [7, 11) is 1.78. The summed E-state index contributed by atoms with van der Waals surface area (Å²) in [5.41, 5.74) is 0. The molecule has 0 heterocycles. The van der Waals surface area contributed by atoms with Crippen LogP contribution in [0.4, 0.5) is 0 Å². The zero-order valence-corrected chi connectivity index (χ0v) is 9.18. The number of ether oxygens (including phenoxy) is 1. The Labute approximate surface area is 82.0 Å². The molecule has 0 aromatic carbocycles. The molecule has 13 heavy (non-hydrogen) atoms. The van der Waals surface area contributed by atoms with E-state index < -0.39 is 0 Å². The van der Waals surface area contributed by atoms with Gasteiger partial charge in [-0.15, -0.1) is 0 Å². The predicted octanol–water partition coefficient (Wildman–Crippen LogP) is 2.19. The van der Waals surface area contributed by atoms with Crippen molar-refractivity contribution in [2.24, 2.45) is 5.92 Å². The van der Waals surface area contributed by atoms with Crippen LogP contribution in [0.1, 0.15) is 39.5 Å². The molecule has 0 radical (unpaired) electrons. The van der Waals surface area contributed by atoms with Crippen LogP contribution in [0.15, 0.2) is 0 Å². The summed E-state index contributed by atoms with van der Waals surface area (Å²) >= 11 is 0. The Kier molecular flexibility index (Phi) is 4.74. The summed E-state index contributed by atoms with van der Waals surface area (Å²) in [6.07, 6.45) is 5.25. The maximum Gasteiger partial charge on any atom is 0.0615 e. The number of rotatable bonds is 5. The Hall–Kier alpha value is -0.0800. The van der Waals surface area contributed by atoms with Gasteiger partial charge >= 0.3 is 0 Å². The maximum absolute atomic E-state index is 5.17. The Morgan fingerprint density at radius 2 is 2.23 bits per heavy atom. The van der Waals surface area contributed by atoms with Gasteiger partial charge in [-0.3, -0.25) is 0 Å². The first-order chi connectivity index (χ1) is 6.26. The monoisotopic (exact) mass is 185 g/mol. The maximum atomic E-state index is 5.17. The highest BCUT2D eigenvalue weighted by Crippen LogP contribution is 2.25. The van der Waals surface area contributed by atoms with Crippen LogP contribution >= 0.6 is 0 Å². The fourth-order valence-electron chi connectivity index (χ4n) is 2.18. The highest BCUT2D eigenvalue weighted by molar-refractivity contribution is 4.81. The van der Waals surface area contributed by atoms with Crippen molar-refractivity contribution in [2.45, 2.75) is 51.6 Å². The summed E-state index contributed by atoms with van der Waals surface area (Å²) in [6.45, 7) is 5.41. The first-order valence-electron chi connectivity index (χ1n) is 5.51. The van der Waals surface area contributed by atoms with E-state index in [-0.39, 0.29) is 0 Å². The molecule has 1 saturated carbocycles. The van der Waals surface area contributed by atoms with E-state index in [2.05, 4.69) is 19.2 Å². The fraction of sp³-hybridized carbons (Fsp3) is 1.00. The topological polar surface area (TPSA) is 21.3 Å². The quantitative estimate of drug-likeness (QED) is 0.709. The van der Waals surface area contributed by atoms with Gasteiger partial charge in [-0.25, -0.2) is 0 Å². The molecule has 0 bridgehead atoms. The van der Waals surface area contributed by atoms with E-state index in [4.69, 9.17) is 4.74 Å². The Morgan fingerprint density at radius 3 is 2.69 bits per heavy atom. The van der Waals surface area contributed by atoms with Gasteiger partial charge in [-0.1, -0.05) is 13.8 Å². The van der Waals surface area contributed by atoms with Crippen LogP contribution in [0.3, 0.4) is 0 Å². The minimum atomic E-state index is 0.556. The molecule has 1 rings (SSSR count). The number of hydrogen-bond donors (Lipinski definition) is 1. The molecule has 0 aromatic rings. The van der Waals surface area contributed by atoms with Gasteiger partial charge in [-0.2, -0.15) is 0 Å². The van der Waals surface area contributed by atoms with E-state index in [9.17, 15) is 0 Å². The lowest BCUT2D eigenvalue weighted by molar-refractivity contribution is 0.158. The van der Waals surface area contributed by atoms with Crippen molar-refractivity contribution in [1.29, 1.82) is 0 Å². The van der Waals surface area contributed by atoms with Gasteiger partial charge in [0.15, 0.2) is 0 Å². The average Bonchev–Trinajstić information content (AvgIpc) is 2.50. The summed E-state index contributed by atoms with van der Waals surface area (Å²) < 4.78 is 5.17. The molecular formula is C11H23NO. The summed E-state index contributed by atoms with van der Waals surface area (Å²) in [4.78, 5) is 0. The van der Waals surface area contributed by atoms with E-state index in [0.29, 0.717) is 6.04 Å². The number of hydrogen-bond acceptors (Lipinski definition) is 2. The molecule has 0 aliphatic heterocycles. The molecule has 0 amide bonds. The molecule has 3 atom stereocenters. The van der Waals surface area contributed by atoms with Gasteiger partial charge in [0.25, 0.3) is 0 Å². The van der Waals surface area contributed by atoms with Gasteiger partial charge in [-0.05, 0) is 31.6 Å². The molecule has 1 aliphatic carbocycles. The average molecular weight is 185 g/mol. The largest absolute Gasteiger partial charge is 0.383 e. The number of nitrogens with one attached hydrogen (secondary N) is 1. The van der Waals surface area contributed by atoms with Crippen LogP contribution in [-0.4, -0.2) is 25.8 Å². The highest BCUT2D eigenvalue weighted by Gasteiger charge is 2.22. The lowest BCUT2D eigenvalue weighted by Crippen LogP contribution is -2.39. The molecule has 0 unspecified atom stereocenters. The lowest BCUT2D eigenvalue weighted by Gasteiger charge is -2.21. The second kappa shape index (κ2) is 5.61. The molecule has 2 nitrogen and oxygen atoms in total. The lowest BCUT2D eigenvalue weighted by atomic mass is 10.1. The minimum Gasteiger partial charge on any atom is -0.383 e. The van der Waals surface area contributed by atoms with Crippen LogP contribution in [0, 0.1) is 5.92 Å². The predicted molar refractivity (Wildman–Crippen MR) is 55.9 cm³/mol.